The molecular formula is C16H29N3O2. The van der Waals surface area contributed by atoms with Crippen LogP contribution in [0.15, 0.2) is 6.07 Å². The molecule has 5 heteroatoms. The number of carbonyl (C=O) groups is 1. The topological polar surface area (TPSA) is 78.0 Å². The molecule has 0 saturated heterocycles. The lowest BCUT2D eigenvalue weighted by Crippen LogP contribution is -2.37. The van der Waals surface area contributed by atoms with Crippen LogP contribution in [-0.4, -0.2) is 27.3 Å². The van der Waals surface area contributed by atoms with E-state index in [-0.39, 0.29) is 5.41 Å². The third-order valence-corrected chi connectivity index (χ3v) is 3.66. The van der Waals surface area contributed by atoms with E-state index in [1.807, 2.05) is 6.07 Å². The fraction of sp³-hybridized carbons (Fsp3) is 0.750. The summed E-state index contributed by atoms with van der Waals surface area (Å²) in [5, 5.41) is 19.7. The highest BCUT2D eigenvalue weighted by Crippen LogP contribution is 2.20. The number of rotatable bonds is 8. The van der Waals surface area contributed by atoms with Gasteiger partial charge in [0.05, 0.1) is 5.69 Å². The molecule has 120 valence electrons. The van der Waals surface area contributed by atoms with Gasteiger partial charge in [-0.05, 0) is 18.4 Å². The van der Waals surface area contributed by atoms with Gasteiger partial charge in [0, 0.05) is 17.7 Å². The summed E-state index contributed by atoms with van der Waals surface area (Å²) in [6.07, 6.45) is 2.80. The number of nitrogens with one attached hydrogen (secondary N) is 2. The van der Waals surface area contributed by atoms with Crippen molar-refractivity contribution in [3.63, 3.8) is 0 Å². The van der Waals surface area contributed by atoms with E-state index in [1.165, 1.54) is 0 Å². The first-order chi connectivity index (χ1) is 9.74. The number of hydrogen-bond donors (Lipinski definition) is 3. The summed E-state index contributed by atoms with van der Waals surface area (Å²) >= 11 is 0. The Morgan fingerprint density at radius 1 is 1.48 bits per heavy atom. The summed E-state index contributed by atoms with van der Waals surface area (Å²) in [7, 11) is 0. The fourth-order valence-corrected chi connectivity index (χ4v) is 2.35. The largest absolute Gasteiger partial charge is 0.480 e. The van der Waals surface area contributed by atoms with Crippen LogP contribution in [0.4, 0.5) is 0 Å². The van der Waals surface area contributed by atoms with Crippen LogP contribution in [0.5, 0.6) is 0 Å². The quantitative estimate of drug-likeness (QED) is 0.688. The molecule has 0 aliphatic rings. The SMILES string of the molecule is CCCC(C)CC(NCc1cc(C(C)(C)C)n[nH]1)C(=O)O. The molecule has 1 aromatic heterocycles. The van der Waals surface area contributed by atoms with E-state index in [0.29, 0.717) is 18.9 Å². The minimum atomic E-state index is -0.784. The molecule has 1 aromatic rings. The van der Waals surface area contributed by atoms with E-state index < -0.39 is 12.0 Å². The molecule has 5 nitrogen and oxygen atoms in total. The second kappa shape index (κ2) is 7.59. The predicted molar refractivity (Wildman–Crippen MR) is 84.2 cm³/mol. The molecule has 0 aliphatic carbocycles. The van der Waals surface area contributed by atoms with Gasteiger partial charge < -0.3 is 5.11 Å². The maximum Gasteiger partial charge on any atom is 0.320 e. The molecule has 0 bridgehead atoms. The summed E-state index contributed by atoms with van der Waals surface area (Å²) < 4.78 is 0. The van der Waals surface area contributed by atoms with Crippen molar-refractivity contribution in [1.29, 1.82) is 0 Å². The Labute approximate surface area is 127 Å². The summed E-state index contributed by atoms with van der Waals surface area (Å²) in [5.74, 6) is -0.371. The van der Waals surface area contributed by atoms with Gasteiger partial charge >= 0.3 is 5.97 Å². The first kappa shape index (κ1) is 17.7. The van der Waals surface area contributed by atoms with Crippen molar-refractivity contribution in [2.45, 2.75) is 71.9 Å². The Morgan fingerprint density at radius 3 is 2.62 bits per heavy atom. The number of hydrogen-bond acceptors (Lipinski definition) is 3. The number of nitrogens with zero attached hydrogens (tertiary/aromatic N) is 1. The zero-order valence-electron chi connectivity index (χ0n) is 13.9. The lowest BCUT2D eigenvalue weighted by Gasteiger charge is -2.18. The Morgan fingerprint density at radius 2 is 2.14 bits per heavy atom. The van der Waals surface area contributed by atoms with Crippen LogP contribution >= 0.6 is 0 Å². The van der Waals surface area contributed by atoms with E-state index in [2.05, 4.69) is 50.1 Å². The van der Waals surface area contributed by atoms with Crippen molar-refractivity contribution in [2.24, 2.45) is 5.92 Å². The maximum atomic E-state index is 11.3. The molecule has 2 unspecified atom stereocenters. The van der Waals surface area contributed by atoms with Crippen LogP contribution in [0.2, 0.25) is 0 Å². The summed E-state index contributed by atoms with van der Waals surface area (Å²) in [6.45, 7) is 11.0. The fourth-order valence-electron chi connectivity index (χ4n) is 2.35. The molecule has 2 atom stereocenters. The standard InChI is InChI=1S/C16H29N3O2/c1-6-7-11(2)8-13(15(20)21)17-10-12-9-14(19-18-12)16(3,4)5/h9,11,13,17H,6-8,10H2,1-5H3,(H,18,19)(H,20,21). The molecule has 21 heavy (non-hydrogen) atoms. The highest BCUT2D eigenvalue weighted by molar-refractivity contribution is 5.73. The van der Waals surface area contributed by atoms with E-state index in [1.54, 1.807) is 0 Å². The van der Waals surface area contributed by atoms with E-state index >= 15 is 0 Å². The second-order valence-corrected chi connectivity index (χ2v) is 6.93. The number of carboxylic acids is 1. The Bertz CT molecular complexity index is 449. The van der Waals surface area contributed by atoms with Crippen LogP contribution in [-0.2, 0) is 16.8 Å². The summed E-state index contributed by atoms with van der Waals surface area (Å²) in [5.41, 5.74) is 1.91. The van der Waals surface area contributed by atoms with Crippen LogP contribution in [0.25, 0.3) is 0 Å². The van der Waals surface area contributed by atoms with Crippen LogP contribution < -0.4 is 5.32 Å². The van der Waals surface area contributed by atoms with E-state index in [0.717, 1.165) is 24.2 Å². The summed E-state index contributed by atoms with van der Waals surface area (Å²) in [4.78, 5) is 11.3. The molecule has 0 radical (unpaired) electrons. The Hall–Kier alpha value is -1.36. The lowest BCUT2D eigenvalue weighted by atomic mass is 9.92. The molecule has 0 aliphatic heterocycles. The van der Waals surface area contributed by atoms with Crippen molar-refractivity contribution < 1.29 is 9.90 Å². The lowest BCUT2D eigenvalue weighted by molar-refractivity contribution is -0.140. The highest BCUT2D eigenvalue weighted by Gasteiger charge is 2.21. The number of aliphatic carboxylic acids is 1. The van der Waals surface area contributed by atoms with Gasteiger partial charge in [-0.1, -0.05) is 47.5 Å². The Balaban J connectivity index is 2.57. The van der Waals surface area contributed by atoms with Crippen molar-refractivity contribution in [2.75, 3.05) is 0 Å². The van der Waals surface area contributed by atoms with Gasteiger partial charge in [-0.2, -0.15) is 5.10 Å². The zero-order chi connectivity index (χ0) is 16.0. The first-order valence-corrected chi connectivity index (χ1v) is 7.75. The monoisotopic (exact) mass is 295 g/mol. The highest BCUT2D eigenvalue weighted by atomic mass is 16.4. The molecule has 1 rings (SSSR count). The number of carboxylic acid groups (broad SMARTS) is 1. The molecule has 0 aromatic carbocycles. The van der Waals surface area contributed by atoms with Gasteiger partial charge in [0.2, 0.25) is 0 Å². The van der Waals surface area contributed by atoms with Gasteiger partial charge in [0.25, 0.3) is 0 Å². The maximum absolute atomic E-state index is 11.3. The van der Waals surface area contributed by atoms with Crippen molar-refractivity contribution in [1.82, 2.24) is 15.5 Å². The zero-order valence-corrected chi connectivity index (χ0v) is 13.9. The van der Waals surface area contributed by atoms with Crippen LogP contribution in [0.1, 0.15) is 65.3 Å². The third-order valence-electron chi connectivity index (χ3n) is 3.66. The van der Waals surface area contributed by atoms with Gasteiger partial charge in [0.15, 0.2) is 0 Å². The van der Waals surface area contributed by atoms with E-state index in [4.69, 9.17) is 0 Å². The van der Waals surface area contributed by atoms with Gasteiger partial charge in [-0.15, -0.1) is 0 Å². The Kier molecular flexibility index (Phi) is 6.40. The molecule has 0 saturated carbocycles. The number of aromatic amines is 1. The average molecular weight is 295 g/mol. The minimum absolute atomic E-state index is 0.00338. The summed E-state index contributed by atoms with van der Waals surface area (Å²) in [6, 6.07) is 1.49. The predicted octanol–water partition coefficient (Wildman–Crippen LogP) is 3.08. The number of aromatic nitrogens is 2. The smallest absolute Gasteiger partial charge is 0.320 e. The molecule has 0 spiro atoms. The first-order valence-electron chi connectivity index (χ1n) is 7.75. The van der Waals surface area contributed by atoms with E-state index in [9.17, 15) is 9.90 Å². The molecule has 0 amide bonds. The van der Waals surface area contributed by atoms with Gasteiger partial charge in [-0.3, -0.25) is 15.2 Å². The van der Waals surface area contributed by atoms with Crippen molar-refractivity contribution in [3.05, 3.63) is 17.5 Å². The van der Waals surface area contributed by atoms with Gasteiger partial charge in [0.1, 0.15) is 6.04 Å². The average Bonchev–Trinajstić information content (AvgIpc) is 2.83. The van der Waals surface area contributed by atoms with Gasteiger partial charge in [-0.25, -0.2) is 0 Å². The molecule has 1 heterocycles. The second-order valence-electron chi connectivity index (χ2n) is 6.93. The third kappa shape index (κ3) is 5.87. The molecular weight excluding hydrogens is 266 g/mol. The van der Waals surface area contributed by atoms with Crippen molar-refractivity contribution >= 4 is 5.97 Å². The normalized spacial score (nSPS) is 14.9. The molecule has 3 N–H and O–H groups in total. The number of H-pyrrole nitrogens is 1. The van der Waals surface area contributed by atoms with Crippen molar-refractivity contribution in [3.8, 4) is 0 Å². The van der Waals surface area contributed by atoms with Crippen LogP contribution in [0.3, 0.4) is 0 Å². The molecule has 0 fully saturated rings. The minimum Gasteiger partial charge on any atom is -0.480 e. The van der Waals surface area contributed by atoms with Crippen LogP contribution in [0, 0.1) is 5.92 Å².